The van der Waals surface area contributed by atoms with E-state index in [1.165, 1.54) is 28.8 Å². The van der Waals surface area contributed by atoms with E-state index in [0.717, 1.165) is 6.07 Å². The van der Waals surface area contributed by atoms with Crippen molar-refractivity contribution in [2.24, 2.45) is 0 Å². The van der Waals surface area contributed by atoms with Crippen molar-refractivity contribution in [3.63, 3.8) is 0 Å². The van der Waals surface area contributed by atoms with Crippen LogP contribution in [-0.4, -0.2) is 20.3 Å². The van der Waals surface area contributed by atoms with Crippen molar-refractivity contribution >= 4 is 11.7 Å². The summed E-state index contributed by atoms with van der Waals surface area (Å²) in [5.41, 5.74) is -0.928. The lowest BCUT2D eigenvalue weighted by Crippen LogP contribution is -2.35. The Balaban J connectivity index is 1.72. The van der Waals surface area contributed by atoms with Crippen molar-refractivity contribution in [2.45, 2.75) is 45.3 Å². The average Bonchev–Trinajstić information content (AvgIpc) is 3.58. The largest absolute Gasteiger partial charge is 0.421 e. The van der Waals surface area contributed by atoms with Crippen LogP contribution in [0.4, 0.5) is 23.4 Å². The number of nitrogens with zero attached hydrogens (tertiary/aromatic N) is 4. The molecular weight excluding hydrogens is 454 g/mol. The van der Waals surface area contributed by atoms with Gasteiger partial charge in [0.25, 0.3) is 5.56 Å². The van der Waals surface area contributed by atoms with Crippen molar-refractivity contribution < 1.29 is 22.4 Å². The molecule has 11 heteroatoms. The molecular formula is C23H19F4N5O2. The zero-order valence-corrected chi connectivity index (χ0v) is 18.2. The number of benzene rings is 1. The maximum Gasteiger partial charge on any atom is 0.421 e. The van der Waals surface area contributed by atoms with Crippen molar-refractivity contribution in [3.8, 4) is 11.8 Å². The summed E-state index contributed by atoms with van der Waals surface area (Å²) in [6, 6.07) is 8.10. The van der Waals surface area contributed by atoms with E-state index >= 15 is 0 Å². The number of alkyl halides is 3. The highest BCUT2D eigenvalue weighted by molar-refractivity contribution is 5.92. The Hall–Kier alpha value is -3.94. The van der Waals surface area contributed by atoms with Crippen LogP contribution in [0.2, 0.25) is 0 Å². The van der Waals surface area contributed by atoms with Gasteiger partial charge in [0.2, 0.25) is 5.91 Å². The molecule has 0 radical (unpaired) electrons. The third-order valence-electron chi connectivity index (χ3n) is 5.76. The van der Waals surface area contributed by atoms with Crippen LogP contribution in [0.5, 0.6) is 0 Å². The molecule has 1 amide bonds. The van der Waals surface area contributed by atoms with Gasteiger partial charge in [-0.15, -0.1) is 0 Å². The average molecular weight is 473 g/mol. The summed E-state index contributed by atoms with van der Waals surface area (Å²) in [5, 5.41) is 16.1. The first kappa shape index (κ1) is 23.2. The first-order valence-electron chi connectivity index (χ1n) is 10.4. The summed E-state index contributed by atoms with van der Waals surface area (Å²) < 4.78 is 55.6. The number of anilines is 1. The normalized spacial score (nSPS) is 13.6. The van der Waals surface area contributed by atoms with Crippen LogP contribution < -0.4 is 10.9 Å². The van der Waals surface area contributed by atoms with Gasteiger partial charge in [0.15, 0.2) is 0 Å². The highest BCUT2D eigenvalue weighted by atomic mass is 19.4. The molecule has 0 spiro atoms. The van der Waals surface area contributed by atoms with E-state index in [2.05, 4.69) is 10.4 Å². The second kappa shape index (κ2) is 8.44. The molecule has 176 valence electrons. The highest BCUT2D eigenvalue weighted by Gasteiger charge is 2.38. The number of aromatic nitrogens is 3. The number of amides is 1. The predicted molar refractivity (Wildman–Crippen MR) is 114 cm³/mol. The maximum absolute atomic E-state index is 13.4. The van der Waals surface area contributed by atoms with Crippen molar-refractivity contribution in [1.29, 1.82) is 5.26 Å². The number of hydrogen-bond acceptors (Lipinski definition) is 4. The second-order valence-corrected chi connectivity index (χ2v) is 8.12. The molecule has 0 aliphatic heterocycles. The Kier molecular flexibility index (Phi) is 5.77. The van der Waals surface area contributed by atoms with Gasteiger partial charge in [0, 0.05) is 17.3 Å². The van der Waals surface area contributed by atoms with Crippen LogP contribution in [-0.2, 0) is 17.5 Å². The summed E-state index contributed by atoms with van der Waals surface area (Å²) in [6.07, 6.45) is -3.57. The number of halogens is 4. The smallest absolute Gasteiger partial charge is 0.309 e. The zero-order chi connectivity index (χ0) is 24.8. The minimum absolute atomic E-state index is 0.0662. The number of nitrogens with one attached hydrogen (secondary N) is 1. The van der Waals surface area contributed by atoms with Gasteiger partial charge in [-0.25, -0.2) is 9.07 Å². The van der Waals surface area contributed by atoms with Crippen molar-refractivity contribution in [1.82, 2.24) is 14.3 Å². The summed E-state index contributed by atoms with van der Waals surface area (Å²) in [7, 11) is 0. The van der Waals surface area contributed by atoms with Gasteiger partial charge in [-0.05, 0) is 62.6 Å². The Labute approximate surface area is 191 Å². The Bertz CT molecular complexity index is 1380. The van der Waals surface area contributed by atoms with E-state index < -0.39 is 35.6 Å². The predicted octanol–water partition coefficient (Wildman–Crippen LogP) is 4.20. The maximum atomic E-state index is 13.4. The molecule has 3 aromatic rings. The Morgan fingerprint density at radius 1 is 1.24 bits per heavy atom. The molecule has 4 rings (SSSR count). The SMILES string of the molecule is Cc1c(C#N)c(NC(=O)Cn2nc(C3CC3)cc(C(F)(F)F)c2=O)n(-c2ccc(F)cc2)c1C. The highest BCUT2D eigenvalue weighted by Crippen LogP contribution is 2.40. The molecule has 0 saturated heterocycles. The monoisotopic (exact) mass is 473 g/mol. The van der Waals surface area contributed by atoms with E-state index in [0.29, 0.717) is 34.5 Å². The molecule has 1 aromatic carbocycles. The fourth-order valence-electron chi connectivity index (χ4n) is 3.73. The van der Waals surface area contributed by atoms with Gasteiger partial charge in [-0.1, -0.05) is 0 Å². The Morgan fingerprint density at radius 2 is 1.88 bits per heavy atom. The molecule has 1 aliphatic carbocycles. The number of hydrogen-bond donors (Lipinski definition) is 1. The topological polar surface area (TPSA) is 92.7 Å². The summed E-state index contributed by atoms with van der Waals surface area (Å²) >= 11 is 0. The van der Waals surface area contributed by atoms with Crippen LogP contribution in [0.1, 0.15) is 46.8 Å². The molecule has 1 N–H and O–H groups in total. The Morgan fingerprint density at radius 3 is 2.44 bits per heavy atom. The molecule has 1 saturated carbocycles. The minimum Gasteiger partial charge on any atom is -0.309 e. The third-order valence-corrected chi connectivity index (χ3v) is 5.76. The first-order valence-corrected chi connectivity index (χ1v) is 10.4. The van der Waals surface area contributed by atoms with Gasteiger partial charge in [-0.3, -0.25) is 14.2 Å². The third kappa shape index (κ3) is 4.31. The van der Waals surface area contributed by atoms with Crippen LogP contribution in [0, 0.1) is 31.0 Å². The molecule has 2 heterocycles. The van der Waals surface area contributed by atoms with Gasteiger partial charge in [0.05, 0.1) is 11.3 Å². The summed E-state index contributed by atoms with van der Waals surface area (Å²) in [4.78, 5) is 25.3. The lowest BCUT2D eigenvalue weighted by molar-refractivity contribution is -0.139. The fraction of sp³-hybridized carbons (Fsp3) is 0.304. The minimum atomic E-state index is -4.89. The number of carbonyl (C=O) groups excluding carboxylic acids is 1. The number of nitriles is 1. The molecule has 34 heavy (non-hydrogen) atoms. The van der Waals surface area contributed by atoms with Gasteiger partial charge >= 0.3 is 6.18 Å². The number of carbonyl (C=O) groups is 1. The summed E-state index contributed by atoms with van der Waals surface area (Å²) in [5.74, 6) is -1.43. The molecule has 0 bridgehead atoms. The number of rotatable bonds is 5. The van der Waals surface area contributed by atoms with Crippen LogP contribution >= 0.6 is 0 Å². The van der Waals surface area contributed by atoms with Crippen LogP contribution in [0.15, 0.2) is 35.1 Å². The molecule has 1 fully saturated rings. The van der Waals surface area contributed by atoms with E-state index in [-0.39, 0.29) is 23.0 Å². The second-order valence-electron chi connectivity index (χ2n) is 8.12. The molecule has 7 nitrogen and oxygen atoms in total. The van der Waals surface area contributed by atoms with Crippen molar-refractivity contribution in [2.75, 3.05) is 5.32 Å². The van der Waals surface area contributed by atoms with E-state index in [9.17, 15) is 32.4 Å². The van der Waals surface area contributed by atoms with Gasteiger partial charge < -0.3 is 5.32 Å². The first-order chi connectivity index (χ1) is 16.0. The van der Waals surface area contributed by atoms with Crippen LogP contribution in [0.3, 0.4) is 0 Å². The molecule has 0 atom stereocenters. The zero-order valence-electron chi connectivity index (χ0n) is 18.2. The molecule has 0 unspecified atom stereocenters. The summed E-state index contributed by atoms with van der Waals surface area (Å²) in [6.45, 7) is 2.60. The van der Waals surface area contributed by atoms with Gasteiger partial charge in [-0.2, -0.15) is 23.5 Å². The van der Waals surface area contributed by atoms with Gasteiger partial charge in [0.1, 0.15) is 29.8 Å². The standard InChI is InChI=1S/C23H19F4N5O2/c1-12-13(2)32(16-7-5-15(24)6-8-16)21(17(12)10-28)29-20(33)11-31-22(34)18(23(25,26)27)9-19(30-31)14-3-4-14/h5-9,14H,3-4,11H2,1-2H3,(H,29,33). The fourth-order valence-corrected chi connectivity index (χ4v) is 3.73. The molecule has 1 aliphatic rings. The van der Waals surface area contributed by atoms with E-state index in [1.54, 1.807) is 13.8 Å². The van der Waals surface area contributed by atoms with Crippen LogP contribution in [0.25, 0.3) is 5.69 Å². The quantitative estimate of drug-likeness (QED) is 0.563. The van der Waals surface area contributed by atoms with Crippen molar-refractivity contribution in [3.05, 3.63) is 74.6 Å². The molecule has 2 aromatic heterocycles. The van der Waals surface area contributed by atoms with E-state index in [4.69, 9.17) is 0 Å². The lowest BCUT2D eigenvalue weighted by atomic mass is 10.2. The van der Waals surface area contributed by atoms with E-state index in [1.807, 2.05) is 6.07 Å². The lowest BCUT2D eigenvalue weighted by Gasteiger charge is -2.15.